The van der Waals surface area contributed by atoms with Crippen LogP contribution in [0.2, 0.25) is 0 Å². The molecule has 4 rings (SSSR count). The molecule has 2 aromatic carbocycles. The lowest BCUT2D eigenvalue weighted by atomic mass is 10.2. The van der Waals surface area contributed by atoms with Gasteiger partial charge in [0.1, 0.15) is 17.3 Å². The molecule has 0 bridgehead atoms. The SMILES string of the molecule is COc1ccccc1N1CCN(C(=O)C(=O)N/N=C/c2ccc(CNC(=O)C(=O)Nc3ccccc3)o2)CC1. The summed E-state index contributed by atoms with van der Waals surface area (Å²) in [6, 6.07) is 19.4. The highest BCUT2D eigenvalue weighted by Crippen LogP contribution is 2.28. The van der Waals surface area contributed by atoms with Crippen LogP contribution in [0.25, 0.3) is 0 Å². The van der Waals surface area contributed by atoms with E-state index in [0.29, 0.717) is 37.6 Å². The zero-order valence-electron chi connectivity index (χ0n) is 21.3. The molecule has 0 atom stereocenters. The molecule has 1 aliphatic heterocycles. The van der Waals surface area contributed by atoms with Gasteiger partial charge >= 0.3 is 23.6 Å². The second kappa shape index (κ2) is 12.9. The Morgan fingerprint density at radius 2 is 1.62 bits per heavy atom. The fourth-order valence-corrected chi connectivity index (χ4v) is 3.90. The molecule has 0 unspecified atom stereocenters. The van der Waals surface area contributed by atoms with E-state index in [1.807, 2.05) is 24.3 Å². The molecule has 12 nitrogen and oxygen atoms in total. The number of anilines is 2. The van der Waals surface area contributed by atoms with E-state index < -0.39 is 23.6 Å². The summed E-state index contributed by atoms with van der Waals surface area (Å²) >= 11 is 0. The Hall–Kier alpha value is -5.13. The van der Waals surface area contributed by atoms with Gasteiger partial charge < -0.3 is 29.6 Å². The molecule has 1 fully saturated rings. The molecule has 1 aromatic heterocycles. The molecule has 3 aromatic rings. The first kappa shape index (κ1) is 26.9. The average molecular weight is 533 g/mol. The molecule has 1 saturated heterocycles. The monoisotopic (exact) mass is 532 g/mol. The van der Waals surface area contributed by atoms with Crippen LogP contribution in [0.5, 0.6) is 5.75 Å². The van der Waals surface area contributed by atoms with Gasteiger partial charge in [0.25, 0.3) is 0 Å². The molecule has 12 heteroatoms. The minimum absolute atomic E-state index is 0.0272. The summed E-state index contributed by atoms with van der Waals surface area (Å²) in [6.45, 7) is 1.85. The van der Waals surface area contributed by atoms with Crippen molar-refractivity contribution >= 4 is 41.2 Å². The summed E-state index contributed by atoms with van der Waals surface area (Å²) in [6.07, 6.45) is 1.23. The highest BCUT2D eigenvalue weighted by atomic mass is 16.5. The Balaban J connectivity index is 1.19. The quantitative estimate of drug-likeness (QED) is 0.237. The van der Waals surface area contributed by atoms with Crippen molar-refractivity contribution in [1.82, 2.24) is 15.6 Å². The zero-order valence-corrected chi connectivity index (χ0v) is 21.3. The number of nitrogens with zero attached hydrogens (tertiary/aromatic N) is 3. The van der Waals surface area contributed by atoms with Gasteiger partial charge in [-0.15, -0.1) is 0 Å². The average Bonchev–Trinajstić information content (AvgIpc) is 3.43. The van der Waals surface area contributed by atoms with Gasteiger partial charge in [-0.25, -0.2) is 5.43 Å². The normalized spacial score (nSPS) is 13.2. The first-order valence-electron chi connectivity index (χ1n) is 12.2. The third kappa shape index (κ3) is 7.22. The van der Waals surface area contributed by atoms with E-state index in [9.17, 15) is 19.2 Å². The molecule has 3 N–H and O–H groups in total. The van der Waals surface area contributed by atoms with Crippen molar-refractivity contribution in [2.24, 2.45) is 5.10 Å². The van der Waals surface area contributed by atoms with E-state index >= 15 is 0 Å². The van der Waals surface area contributed by atoms with E-state index in [1.165, 1.54) is 11.1 Å². The molecule has 2 heterocycles. The summed E-state index contributed by atoms with van der Waals surface area (Å²) in [4.78, 5) is 52.4. The largest absolute Gasteiger partial charge is 0.495 e. The molecule has 0 radical (unpaired) electrons. The van der Waals surface area contributed by atoms with Crippen molar-refractivity contribution in [1.29, 1.82) is 0 Å². The van der Waals surface area contributed by atoms with Crippen molar-refractivity contribution in [3.63, 3.8) is 0 Å². The number of hydrogen-bond acceptors (Lipinski definition) is 8. The highest BCUT2D eigenvalue weighted by molar-refractivity contribution is 6.39. The number of rotatable bonds is 7. The number of piperazine rings is 1. The van der Waals surface area contributed by atoms with Crippen molar-refractivity contribution in [3.8, 4) is 5.75 Å². The Kier molecular flexibility index (Phi) is 8.91. The number of para-hydroxylation sites is 3. The second-order valence-electron chi connectivity index (χ2n) is 8.46. The predicted molar refractivity (Wildman–Crippen MR) is 143 cm³/mol. The molecule has 0 spiro atoms. The van der Waals surface area contributed by atoms with E-state index in [4.69, 9.17) is 9.15 Å². The lowest BCUT2D eigenvalue weighted by Crippen LogP contribution is -2.52. The van der Waals surface area contributed by atoms with E-state index in [0.717, 1.165) is 11.4 Å². The topological polar surface area (TPSA) is 146 Å². The van der Waals surface area contributed by atoms with Gasteiger partial charge in [0.15, 0.2) is 0 Å². The number of carbonyl (C=O) groups is 4. The van der Waals surface area contributed by atoms with Crippen molar-refractivity contribution in [3.05, 3.63) is 78.3 Å². The van der Waals surface area contributed by atoms with Crippen molar-refractivity contribution < 1.29 is 28.3 Å². The minimum Gasteiger partial charge on any atom is -0.495 e. The molecule has 202 valence electrons. The van der Waals surface area contributed by atoms with Crippen LogP contribution in [-0.4, -0.2) is 68.0 Å². The van der Waals surface area contributed by atoms with Gasteiger partial charge in [0.05, 0.1) is 25.6 Å². The lowest BCUT2D eigenvalue weighted by Gasteiger charge is -2.36. The number of furan rings is 1. The fourth-order valence-electron chi connectivity index (χ4n) is 3.90. The van der Waals surface area contributed by atoms with E-state index in [2.05, 4.69) is 26.1 Å². The number of methoxy groups -OCH3 is 1. The Labute approximate surface area is 224 Å². The molecule has 4 amide bonds. The van der Waals surface area contributed by atoms with Crippen LogP contribution in [0.1, 0.15) is 11.5 Å². The second-order valence-corrected chi connectivity index (χ2v) is 8.46. The summed E-state index contributed by atoms with van der Waals surface area (Å²) in [7, 11) is 1.61. The highest BCUT2D eigenvalue weighted by Gasteiger charge is 2.27. The number of carbonyl (C=O) groups excluding carboxylic acids is 4. The first-order valence-corrected chi connectivity index (χ1v) is 12.2. The fraction of sp³-hybridized carbons (Fsp3) is 0.222. The standard InChI is InChI=1S/C27H28N6O6/c1-38-23-10-6-5-9-22(23)32-13-15-33(16-14-32)27(37)26(36)31-29-18-21-12-11-20(39-21)17-28-24(34)25(35)30-19-7-3-2-4-8-19/h2-12,18H,13-17H2,1H3,(H,28,34)(H,30,35)(H,31,36)/b29-18+. The van der Waals surface area contributed by atoms with Crippen LogP contribution in [0, 0.1) is 0 Å². The number of ether oxygens (including phenoxy) is 1. The molecule has 0 aliphatic carbocycles. The minimum atomic E-state index is -0.861. The zero-order chi connectivity index (χ0) is 27.6. The van der Waals surface area contributed by atoms with Crippen LogP contribution in [0.15, 0.2) is 76.2 Å². The maximum Gasteiger partial charge on any atom is 0.329 e. The summed E-state index contributed by atoms with van der Waals surface area (Å²) < 4.78 is 10.9. The Bertz CT molecular complexity index is 1350. The number of amides is 4. The van der Waals surface area contributed by atoms with Gasteiger partial charge in [-0.3, -0.25) is 19.2 Å². The van der Waals surface area contributed by atoms with Crippen LogP contribution in [0.3, 0.4) is 0 Å². The van der Waals surface area contributed by atoms with Crippen molar-refractivity contribution in [2.45, 2.75) is 6.54 Å². The van der Waals surface area contributed by atoms with Gasteiger partial charge in [-0.05, 0) is 36.4 Å². The van der Waals surface area contributed by atoms with Crippen molar-refractivity contribution in [2.75, 3.05) is 43.5 Å². The molecule has 1 aliphatic rings. The van der Waals surface area contributed by atoms with Gasteiger partial charge in [-0.1, -0.05) is 30.3 Å². The van der Waals surface area contributed by atoms with E-state index in [1.54, 1.807) is 49.6 Å². The van der Waals surface area contributed by atoms with Gasteiger partial charge in [0, 0.05) is 31.9 Å². The predicted octanol–water partition coefficient (Wildman–Crippen LogP) is 1.34. The first-order chi connectivity index (χ1) is 18.9. The smallest absolute Gasteiger partial charge is 0.329 e. The van der Waals surface area contributed by atoms with Crippen LogP contribution in [0.4, 0.5) is 11.4 Å². The maximum atomic E-state index is 12.5. The third-order valence-electron chi connectivity index (χ3n) is 5.89. The number of nitrogens with one attached hydrogen (secondary N) is 3. The van der Waals surface area contributed by atoms with Crippen LogP contribution >= 0.6 is 0 Å². The Morgan fingerprint density at radius 1 is 0.897 bits per heavy atom. The van der Waals surface area contributed by atoms with E-state index in [-0.39, 0.29) is 12.3 Å². The summed E-state index contributed by atoms with van der Waals surface area (Å²) in [5.74, 6) is -1.76. The Morgan fingerprint density at radius 3 is 2.36 bits per heavy atom. The third-order valence-corrected chi connectivity index (χ3v) is 5.89. The van der Waals surface area contributed by atoms with Gasteiger partial charge in [-0.2, -0.15) is 5.10 Å². The lowest BCUT2D eigenvalue weighted by molar-refractivity contribution is -0.146. The summed E-state index contributed by atoms with van der Waals surface area (Å²) in [5.41, 5.74) is 3.65. The number of benzene rings is 2. The number of hydrazone groups is 1. The molecule has 39 heavy (non-hydrogen) atoms. The summed E-state index contributed by atoms with van der Waals surface area (Å²) in [5, 5.41) is 8.73. The molecular formula is C27H28N6O6. The van der Waals surface area contributed by atoms with Gasteiger partial charge in [0.2, 0.25) is 0 Å². The van der Waals surface area contributed by atoms with Crippen LogP contribution < -0.4 is 25.7 Å². The molecular weight excluding hydrogens is 504 g/mol. The number of hydrogen-bond donors (Lipinski definition) is 3. The molecule has 0 saturated carbocycles. The van der Waals surface area contributed by atoms with Crippen LogP contribution in [-0.2, 0) is 25.7 Å². The maximum absolute atomic E-state index is 12.5.